The lowest BCUT2D eigenvalue weighted by Gasteiger charge is -2.11. The number of hydrogen-bond acceptors (Lipinski definition) is 5. The fourth-order valence-corrected chi connectivity index (χ4v) is 1.93. The maximum Gasteiger partial charge on any atom is 0.237 e. The van der Waals surface area contributed by atoms with Crippen molar-refractivity contribution in [1.29, 1.82) is 0 Å². The predicted molar refractivity (Wildman–Crippen MR) is 71.8 cm³/mol. The number of nitrogens with one attached hydrogen (secondary N) is 1. The van der Waals surface area contributed by atoms with Crippen LogP contribution >= 0.6 is 0 Å². The van der Waals surface area contributed by atoms with Crippen LogP contribution in [0.2, 0.25) is 0 Å². The maximum atomic E-state index is 5.70. The Kier molecular flexibility index (Phi) is 5.06. The van der Waals surface area contributed by atoms with E-state index >= 15 is 0 Å². The molecular weight excluding hydrogens is 242 g/mol. The zero-order chi connectivity index (χ0) is 13.5. The van der Waals surface area contributed by atoms with Crippen molar-refractivity contribution >= 4 is 0 Å². The highest BCUT2D eigenvalue weighted by atomic mass is 16.5. The lowest BCUT2D eigenvalue weighted by Crippen LogP contribution is -2.17. The van der Waals surface area contributed by atoms with E-state index in [1.807, 2.05) is 37.4 Å². The summed E-state index contributed by atoms with van der Waals surface area (Å²) in [6.07, 6.45) is 1.62. The summed E-state index contributed by atoms with van der Waals surface area (Å²) in [7, 11) is 3.57. The molecule has 1 aromatic heterocycles. The second kappa shape index (κ2) is 7.01. The number of benzene rings is 1. The molecule has 0 saturated carbocycles. The minimum Gasteiger partial charge on any atom is -0.423 e. The van der Waals surface area contributed by atoms with Crippen LogP contribution in [0, 0.1) is 0 Å². The quantitative estimate of drug-likeness (QED) is 0.772. The lowest BCUT2D eigenvalue weighted by molar-refractivity contribution is 0.192. The number of methoxy groups -OCH3 is 1. The first-order chi connectivity index (χ1) is 9.35. The van der Waals surface area contributed by atoms with E-state index in [0.717, 1.165) is 18.4 Å². The van der Waals surface area contributed by atoms with Crippen LogP contribution in [-0.2, 0) is 11.2 Å². The highest BCUT2D eigenvalue weighted by Gasteiger charge is 2.18. The van der Waals surface area contributed by atoms with Crippen LogP contribution in [0.15, 0.2) is 34.7 Å². The number of ether oxygens (including phenoxy) is 1. The molecule has 0 spiro atoms. The third-order valence-electron chi connectivity index (χ3n) is 2.89. The molecule has 0 bridgehead atoms. The maximum absolute atomic E-state index is 5.70. The molecule has 2 aromatic rings. The molecule has 1 heterocycles. The molecule has 1 N–H and O–H groups in total. The van der Waals surface area contributed by atoms with Crippen molar-refractivity contribution in [2.24, 2.45) is 0 Å². The molecule has 1 aromatic carbocycles. The molecule has 0 saturated heterocycles. The second-order valence-corrected chi connectivity index (χ2v) is 4.26. The van der Waals surface area contributed by atoms with E-state index in [4.69, 9.17) is 9.15 Å². The first-order valence-electron chi connectivity index (χ1n) is 6.38. The zero-order valence-electron chi connectivity index (χ0n) is 11.3. The minimum atomic E-state index is -0.0649. The van der Waals surface area contributed by atoms with Crippen molar-refractivity contribution in [3.63, 3.8) is 0 Å². The minimum absolute atomic E-state index is 0.0649. The highest BCUT2D eigenvalue weighted by Crippen LogP contribution is 2.20. The van der Waals surface area contributed by atoms with Gasteiger partial charge in [0, 0.05) is 20.1 Å². The SMILES string of the molecule is CNC(c1ccccc1)c1nnc(CCCOC)o1. The number of aromatic nitrogens is 2. The van der Waals surface area contributed by atoms with E-state index in [-0.39, 0.29) is 6.04 Å². The van der Waals surface area contributed by atoms with Gasteiger partial charge in [-0.15, -0.1) is 10.2 Å². The highest BCUT2D eigenvalue weighted by molar-refractivity contribution is 5.23. The Labute approximate surface area is 113 Å². The molecule has 1 atom stereocenters. The molecule has 1 unspecified atom stereocenters. The van der Waals surface area contributed by atoms with Crippen LogP contribution in [0.4, 0.5) is 0 Å². The summed E-state index contributed by atoms with van der Waals surface area (Å²) in [6.45, 7) is 0.700. The summed E-state index contributed by atoms with van der Waals surface area (Å²) in [5.74, 6) is 1.25. The molecule has 5 nitrogen and oxygen atoms in total. The topological polar surface area (TPSA) is 60.2 Å². The zero-order valence-corrected chi connectivity index (χ0v) is 11.3. The van der Waals surface area contributed by atoms with Gasteiger partial charge in [0.25, 0.3) is 0 Å². The van der Waals surface area contributed by atoms with Gasteiger partial charge < -0.3 is 14.5 Å². The van der Waals surface area contributed by atoms with E-state index in [9.17, 15) is 0 Å². The van der Waals surface area contributed by atoms with Gasteiger partial charge in [0.05, 0.1) is 0 Å². The van der Waals surface area contributed by atoms with Crippen molar-refractivity contribution in [3.05, 3.63) is 47.7 Å². The van der Waals surface area contributed by atoms with Crippen LogP contribution < -0.4 is 5.32 Å². The van der Waals surface area contributed by atoms with Gasteiger partial charge in [-0.1, -0.05) is 30.3 Å². The fraction of sp³-hybridized carbons (Fsp3) is 0.429. The normalized spacial score (nSPS) is 12.5. The summed E-state index contributed by atoms with van der Waals surface area (Å²) < 4.78 is 10.7. The third kappa shape index (κ3) is 3.62. The second-order valence-electron chi connectivity index (χ2n) is 4.26. The lowest BCUT2D eigenvalue weighted by atomic mass is 10.1. The third-order valence-corrected chi connectivity index (χ3v) is 2.89. The van der Waals surface area contributed by atoms with Crippen molar-refractivity contribution < 1.29 is 9.15 Å². The molecule has 0 aliphatic heterocycles. The summed E-state index contributed by atoms with van der Waals surface area (Å²) in [4.78, 5) is 0. The number of nitrogens with zero attached hydrogens (tertiary/aromatic N) is 2. The van der Waals surface area contributed by atoms with Crippen molar-refractivity contribution in [3.8, 4) is 0 Å². The van der Waals surface area contributed by atoms with E-state index in [1.165, 1.54) is 0 Å². The Bertz CT molecular complexity index is 484. The predicted octanol–water partition coefficient (Wildman–Crippen LogP) is 1.96. The summed E-state index contributed by atoms with van der Waals surface area (Å²) >= 11 is 0. The molecule has 0 amide bonds. The average molecular weight is 261 g/mol. The molecular formula is C14H19N3O2. The van der Waals surface area contributed by atoms with Crippen LogP contribution in [-0.4, -0.2) is 31.0 Å². The Morgan fingerprint density at radius 3 is 2.74 bits per heavy atom. The molecule has 5 heteroatoms. The number of aryl methyl sites for hydroxylation is 1. The first kappa shape index (κ1) is 13.7. The van der Waals surface area contributed by atoms with E-state index in [2.05, 4.69) is 15.5 Å². The molecule has 2 rings (SSSR count). The van der Waals surface area contributed by atoms with Crippen molar-refractivity contribution in [2.45, 2.75) is 18.9 Å². The van der Waals surface area contributed by atoms with Gasteiger partial charge >= 0.3 is 0 Å². The van der Waals surface area contributed by atoms with E-state index < -0.39 is 0 Å². The molecule has 102 valence electrons. The Balaban J connectivity index is 2.07. The molecule has 0 radical (unpaired) electrons. The fourth-order valence-electron chi connectivity index (χ4n) is 1.93. The summed E-state index contributed by atoms with van der Waals surface area (Å²) in [6, 6.07) is 9.99. The van der Waals surface area contributed by atoms with Gasteiger partial charge in [-0.3, -0.25) is 0 Å². The van der Waals surface area contributed by atoms with Crippen LogP contribution in [0.1, 0.15) is 29.8 Å². The van der Waals surface area contributed by atoms with Crippen LogP contribution in [0.3, 0.4) is 0 Å². The molecule has 0 aliphatic carbocycles. The molecule has 19 heavy (non-hydrogen) atoms. The van der Waals surface area contributed by atoms with Gasteiger partial charge in [-0.25, -0.2) is 0 Å². The first-order valence-corrected chi connectivity index (χ1v) is 6.38. The Hall–Kier alpha value is -1.72. The van der Waals surface area contributed by atoms with Gasteiger partial charge in [0.2, 0.25) is 11.8 Å². The van der Waals surface area contributed by atoms with Gasteiger partial charge in [0.15, 0.2) is 0 Å². The van der Waals surface area contributed by atoms with E-state index in [0.29, 0.717) is 18.4 Å². The standard InChI is InChI=1S/C14H19N3O2/c1-15-13(11-7-4-3-5-8-11)14-17-16-12(19-14)9-6-10-18-2/h3-5,7-8,13,15H,6,9-10H2,1-2H3. The largest absolute Gasteiger partial charge is 0.423 e. The van der Waals surface area contributed by atoms with Crippen molar-refractivity contribution in [1.82, 2.24) is 15.5 Å². The average Bonchev–Trinajstić information content (AvgIpc) is 2.90. The number of rotatable bonds is 7. The van der Waals surface area contributed by atoms with Gasteiger partial charge in [-0.2, -0.15) is 0 Å². The monoisotopic (exact) mass is 261 g/mol. The van der Waals surface area contributed by atoms with Crippen molar-refractivity contribution in [2.75, 3.05) is 20.8 Å². The van der Waals surface area contributed by atoms with Crippen LogP contribution in [0.5, 0.6) is 0 Å². The van der Waals surface area contributed by atoms with Gasteiger partial charge in [0.1, 0.15) is 6.04 Å². The molecule has 0 fully saturated rings. The summed E-state index contributed by atoms with van der Waals surface area (Å²) in [5.41, 5.74) is 1.11. The van der Waals surface area contributed by atoms with E-state index in [1.54, 1.807) is 7.11 Å². The Morgan fingerprint density at radius 2 is 2.05 bits per heavy atom. The summed E-state index contributed by atoms with van der Waals surface area (Å²) in [5, 5.41) is 11.4. The number of hydrogen-bond donors (Lipinski definition) is 1. The van der Waals surface area contributed by atoms with Crippen LogP contribution in [0.25, 0.3) is 0 Å². The Morgan fingerprint density at radius 1 is 1.26 bits per heavy atom. The van der Waals surface area contributed by atoms with Gasteiger partial charge in [-0.05, 0) is 19.0 Å². The molecule has 0 aliphatic rings. The smallest absolute Gasteiger partial charge is 0.237 e.